The fourth-order valence-electron chi connectivity index (χ4n) is 1.90. The lowest BCUT2D eigenvalue weighted by atomic mass is 10.3. The second-order valence-corrected chi connectivity index (χ2v) is 6.57. The average molecular weight is 301 g/mol. The van der Waals surface area contributed by atoms with Crippen molar-refractivity contribution in [2.24, 2.45) is 0 Å². The molecule has 0 bridgehead atoms. The van der Waals surface area contributed by atoms with E-state index in [4.69, 9.17) is 0 Å². The minimum atomic E-state index is 0.890. The zero-order valence-electron chi connectivity index (χ0n) is 11.2. The summed E-state index contributed by atoms with van der Waals surface area (Å²) in [5.74, 6) is 1.86. The van der Waals surface area contributed by atoms with Crippen molar-refractivity contribution in [2.45, 2.75) is 17.0 Å². The molecule has 2 aromatic heterocycles. The van der Waals surface area contributed by atoms with Gasteiger partial charge in [0.05, 0.1) is 10.2 Å². The molecule has 3 aromatic rings. The highest BCUT2D eigenvalue weighted by Crippen LogP contribution is 2.31. The van der Waals surface area contributed by atoms with E-state index in [2.05, 4.69) is 52.5 Å². The number of hydrogen-bond acceptors (Lipinski definition) is 5. The van der Waals surface area contributed by atoms with E-state index in [1.54, 1.807) is 23.1 Å². The molecule has 0 aliphatic rings. The molecular weight excluding hydrogens is 286 g/mol. The molecule has 0 aliphatic heterocycles. The zero-order valence-corrected chi connectivity index (χ0v) is 12.8. The summed E-state index contributed by atoms with van der Waals surface area (Å²) >= 11 is 3.53. The first-order valence-corrected chi connectivity index (χ1v) is 8.32. The van der Waals surface area contributed by atoms with Crippen molar-refractivity contribution in [1.29, 1.82) is 0 Å². The van der Waals surface area contributed by atoms with E-state index in [-0.39, 0.29) is 0 Å². The molecule has 0 saturated heterocycles. The number of nitrogens with one attached hydrogen (secondary N) is 1. The van der Waals surface area contributed by atoms with Gasteiger partial charge in [-0.3, -0.25) is 0 Å². The summed E-state index contributed by atoms with van der Waals surface area (Å²) in [4.78, 5) is 8.92. The van der Waals surface area contributed by atoms with Crippen LogP contribution in [0.3, 0.4) is 0 Å². The van der Waals surface area contributed by atoms with Crippen molar-refractivity contribution in [3.05, 3.63) is 48.2 Å². The molecule has 0 spiro atoms. The summed E-state index contributed by atoms with van der Waals surface area (Å²) in [6, 6.07) is 12.4. The molecule has 3 nitrogen and oxygen atoms in total. The average Bonchev–Trinajstić information content (AvgIpc) is 2.89. The molecule has 2 heterocycles. The molecule has 0 saturated carbocycles. The zero-order chi connectivity index (χ0) is 13.8. The third-order valence-corrected chi connectivity index (χ3v) is 5.07. The highest BCUT2D eigenvalue weighted by Gasteiger charge is 2.04. The maximum atomic E-state index is 4.64. The van der Waals surface area contributed by atoms with Crippen molar-refractivity contribution >= 4 is 39.1 Å². The van der Waals surface area contributed by atoms with Crippen LogP contribution in [-0.2, 0) is 5.75 Å². The van der Waals surface area contributed by atoms with Gasteiger partial charge in [-0.25, -0.2) is 9.97 Å². The van der Waals surface area contributed by atoms with Crippen LogP contribution in [0.5, 0.6) is 0 Å². The normalized spacial score (nSPS) is 10.8. The SMILES string of the molecule is CCNc1cc(CSc2nc3ccccc3s2)ccn1. The summed E-state index contributed by atoms with van der Waals surface area (Å²) in [6.45, 7) is 2.96. The van der Waals surface area contributed by atoms with Gasteiger partial charge >= 0.3 is 0 Å². The monoisotopic (exact) mass is 301 g/mol. The van der Waals surface area contributed by atoms with Crippen molar-refractivity contribution < 1.29 is 0 Å². The molecule has 0 amide bonds. The third-order valence-electron chi connectivity index (χ3n) is 2.82. The maximum Gasteiger partial charge on any atom is 0.151 e. The molecule has 20 heavy (non-hydrogen) atoms. The molecule has 5 heteroatoms. The second kappa shape index (κ2) is 6.24. The van der Waals surface area contributed by atoms with E-state index in [0.717, 1.165) is 28.0 Å². The van der Waals surface area contributed by atoms with Gasteiger partial charge in [0.1, 0.15) is 5.82 Å². The minimum absolute atomic E-state index is 0.890. The number of anilines is 1. The van der Waals surface area contributed by atoms with Crippen LogP contribution in [0, 0.1) is 0 Å². The predicted molar refractivity (Wildman–Crippen MR) is 87.6 cm³/mol. The molecule has 1 N–H and O–H groups in total. The Morgan fingerprint density at radius 1 is 1.25 bits per heavy atom. The van der Waals surface area contributed by atoms with E-state index in [0.29, 0.717) is 0 Å². The first-order valence-electron chi connectivity index (χ1n) is 6.52. The first kappa shape index (κ1) is 13.4. The van der Waals surface area contributed by atoms with Crippen molar-refractivity contribution in [1.82, 2.24) is 9.97 Å². The van der Waals surface area contributed by atoms with Crippen LogP contribution >= 0.6 is 23.1 Å². The lowest BCUT2D eigenvalue weighted by molar-refractivity contribution is 1.15. The molecular formula is C15H15N3S2. The Balaban J connectivity index is 1.71. The number of hydrogen-bond donors (Lipinski definition) is 1. The molecule has 102 valence electrons. The number of para-hydroxylation sites is 1. The minimum Gasteiger partial charge on any atom is -0.370 e. The topological polar surface area (TPSA) is 37.8 Å². The summed E-state index contributed by atoms with van der Waals surface area (Å²) in [5.41, 5.74) is 2.35. The van der Waals surface area contributed by atoms with Crippen LogP contribution in [-0.4, -0.2) is 16.5 Å². The van der Waals surface area contributed by atoms with E-state index in [9.17, 15) is 0 Å². The number of rotatable bonds is 5. The van der Waals surface area contributed by atoms with Crippen molar-refractivity contribution in [3.8, 4) is 0 Å². The van der Waals surface area contributed by atoms with Gasteiger partial charge < -0.3 is 5.32 Å². The van der Waals surface area contributed by atoms with E-state index in [1.165, 1.54) is 10.3 Å². The van der Waals surface area contributed by atoms with Crippen molar-refractivity contribution in [3.63, 3.8) is 0 Å². The van der Waals surface area contributed by atoms with Crippen LogP contribution in [0.2, 0.25) is 0 Å². The Bertz CT molecular complexity index is 676. The number of aromatic nitrogens is 2. The largest absolute Gasteiger partial charge is 0.370 e. The quantitative estimate of drug-likeness (QED) is 0.708. The lowest BCUT2D eigenvalue weighted by Gasteiger charge is -2.04. The number of thiazole rings is 1. The second-order valence-electron chi connectivity index (χ2n) is 4.32. The van der Waals surface area contributed by atoms with Gasteiger partial charge in [0.15, 0.2) is 4.34 Å². The van der Waals surface area contributed by atoms with E-state index >= 15 is 0 Å². The van der Waals surface area contributed by atoms with Gasteiger partial charge in [-0.15, -0.1) is 11.3 Å². The molecule has 3 rings (SSSR count). The van der Waals surface area contributed by atoms with Crippen LogP contribution in [0.25, 0.3) is 10.2 Å². The van der Waals surface area contributed by atoms with Gasteiger partial charge in [-0.2, -0.15) is 0 Å². The number of pyridine rings is 1. The van der Waals surface area contributed by atoms with Crippen LogP contribution in [0.15, 0.2) is 46.9 Å². The number of nitrogens with zero attached hydrogens (tertiary/aromatic N) is 2. The van der Waals surface area contributed by atoms with Gasteiger partial charge in [0, 0.05) is 18.5 Å². The van der Waals surface area contributed by atoms with Crippen LogP contribution in [0.1, 0.15) is 12.5 Å². The van der Waals surface area contributed by atoms with E-state index < -0.39 is 0 Å². The maximum absolute atomic E-state index is 4.64. The number of fused-ring (bicyclic) bond motifs is 1. The Kier molecular flexibility index (Phi) is 4.18. The first-order chi connectivity index (χ1) is 9.85. The molecule has 0 atom stereocenters. The smallest absolute Gasteiger partial charge is 0.151 e. The van der Waals surface area contributed by atoms with Crippen molar-refractivity contribution in [2.75, 3.05) is 11.9 Å². The Hall–Kier alpha value is -1.59. The molecule has 0 aliphatic carbocycles. The summed E-state index contributed by atoms with van der Waals surface area (Å²) in [5, 5.41) is 3.23. The molecule has 0 radical (unpaired) electrons. The Morgan fingerprint density at radius 3 is 3.00 bits per heavy atom. The molecule has 0 fully saturated rings. The Morgan fingerprint density at radius 2 is 2.15 bits per heavy atom. The summed E-state index contributed by atoms with van der Waals surface area (Å²) in [6.07, 6.45) is 1.85. The van der Waals surface area contributed by atoms with Crippen LogP contribution in [0.4, 0.5) is 5.82 Å². The third kappa shape index (κ3) is 3.11. The highest BCUT2D eigenvalue weighted by molar-refractivity contribution is 8.00. The van der Waals surface area contributed by atoms with Gasteiger partial charge in [-0.05, 0) is 36.8 Å². The standard InChI is InChI=1S/C15H15N3S2/c1-2-16-14-9-11(7-8-17-14)10-19-15-18-12-5-3-4-6-13(12)20-15/h3-9H,2,10H2,1H3,(H,16,17). The van der Waals surface area contributed by atoms with Gasteiger partial charge in [-0.1, -0.05) is 23.9 Å². The predicted octanol–water partition coefficient (Wildman–Crippen LogP) is 4.42. The number of benzene rings is 1. The van der Waals surface area contributed by atoms with Gasteiger partial charge in [0.2, 0.25) is 0 Å². The number of thioether (sulfide) groups is 1. The molecule has 0 unspecified atom stereocenters. The lowest BCUT2D eigenvalue weighted by Crippen LogP contribution is -1.99. The highest BCUT2D eigenvalue weighted by atomic mass is 32.2. The Labute approximate surface area is 126 Å². The van der Waals surface area contributed by atoms with Gasteiger partial charge in [0.25, 0.3) is 0 Å². The molecule has 1 aromatic carbocycles. The fraction of sp³-hybridized carbons (Fsp3) is 0.200. The van der Waals surface area contributed by atoms with Crippen LogP contribution < -0.4 is 5.32 Å². The fourth-order valence-corrected chi connectivity index (χ4v) is 3.91. The summed E-state index contributed by atoms with van der Waals surface area (Å²) in [7, 11) is 0. The summed E-state index contributed by atoms with van der Waals surface area (Å²) < 4.78 is 2.37. The van der Waals surface area contributed by atoms with E-state index in [1.807, 2.05) is 12.3 Å².